The van der Waals surface area contributed by atoms with Crippen LogP contribution in [0.3, 0.4) is 0 Å². The molecule has 0 aromatic heterocycles. The Hall–Kier alpha value is -2.25. The fraction of sp³-hybridized carbons (Fsp3) is 0.385. The summed E-state index contributed by atoms with van der Waals surface area (Å²) in [6, 6.07) is 4.93. The van der Waals surface area contributed by atoms with Crippen LogP contribution in [0.1, 0.15) is 15.9 Å². The highest BCUT2D eigenvalue weighted by Crippen LogP contribution is 2.21. The average Bonchev–Trinajstić information content (AvgIpc) is 2.39. The first kappa shape index (κ1) is 15.1. The minimum absolute atomic E-state index is 0.287. The number of carbonyl (C=O) groups is 2. The number of nitrogens with two attached hydrogens (primary N) is 1. The van der Waals surface area contributed by atoms with Crippen LogP contribution in [0.15, 0.2) is 18.2 Å². The van der Waals surface area contributed by atoms with E-state index in [-0.39, 0.29) is 6.54 Å². The SMILES string of the molecule is Nc1ccc2c(c1)C(=O)N(CC(=O)NCC(F)(F)F)CC2. The maximum atomic E-state index is 12.2. The van der Waals surface area contributed by atoms with Gasteiger partial charge in [-0.3, -0.25) is 9.59 Å². The summed E-state index contributed by atoms with van der Waals surface area (Å²) < 4.78 is 36.0. The van der Waals surface area contributed by atoms with Crippen LogP contribution in [-0.4, -0.2) is 42.5 Å². The van der Waals surface area contributed by atoms with Crippen molar-refractivity contribution >= 4 is 17.5 Å². The summed E-state index contributed by atoms with van der Waals surface area (Å²) in [6.07, 6.45) is -3.93. The Balaban J connectivity index is 2.00. The predicted octanol–water partition coefficient (Wildman–Crippen LogP) is 0.946. The van der Waals surface area contributed by atoms with Gasteiger partial charge in [-0.05, 0) is 24.1 Å². The van der Waals surface area contributed by atoms with Crippen molar-refractivity contribution < 1.29 is 22.8 Å². The third-order valence-electron chi connectivity index (χ3n) is 3.12. The van der Waals surface area contributed by atoms with Crippen molar-refractivity contribution in [3.63, 3.8) is 0 Å². The van der Waals surface area contributed by atoms with E-state index in [9.17, 15) is 22.8 Å². The standard InChI is InChI=1S/C13H14F3N3O2/c14-13(15,16)7-18-11(20)6-19-4-3-8-1-2-9(17)5-10(8)12(19)21/h1-2,5H,3-4,6-7,17H2,(H,18,20). The van der Waals surface area contributed by atoms with Crippen LogP contribution in [0.25, 0.3) is 0 Å². The number of amides is 2. The van der Waals surface area contributed by atoms with Crippen molar-refractivity contribution in [2.75, 3.05) is 25.4 Å². The van der Waals surface area contributed by atoms with Gasteiger partial charge in [-0.1, -0.05) is 6.07 Å². The van der Waals surface area contributed by atoms with Crippen molar-refractivity contribution in [2.45, 2.75) is 12.6 Å². The molecule has 2 amide bonds. The van der Waals surface area contributed by atoms with E-state index in [2.05, 4.69) is 0 Å². The number of anilines is 1. The van der Waals surface area contributed by atoms with E-state index in [1.165, 1.54) is 11.0 Å². The second-order valence-electron chi connectivity index (χ2n) is 4.79. The molecule has 1 heterocycles. The van der Waals surface area contributed by atoms with Crippen molar-refractivity contribution in [1.29, 1.82) is 0 Å². The molecule has 0 spiro atoms. The van der Waals surface area contributed by atoms with Crippen LogP contribution in [0.5, 0.6) is 0 Å². The molecule has 0 fully saturated rings. The van der Waals surface area contributed by atoms with E-state index in [1.54, 1.807) is 17.4 Å². The van der Waals surface area contributed by atoms with Crippen LogP contribution in [-0.2, 0) is 11.2 Å². The van der Waals surface area contributed by atoms with E-state index in [4.69, 9.17) is 5.73 Å². The number of nitrogens with one attached hydrogen (secondary N) is 1. The Labute approximate surface area is 118 Å². The summed E-state index contributed by atoms with van der Waals surface area (Å²) in [6.45, 7) is -1.52. The molecule has 0 saturated carbocycles. The van der Waals surface area contributed by atoms with E-state index < -0.39 is 31.1 Å². The van der Waals surface area contributed by atoms with Gasteiger partial charge in [0.15, 0.2) is 0 Å². The minimum atomic E-state index is -4.47. The Bertz CT molecular complexity index is 572. The second kappa shape index (κ2) is 5.63. The Morgan fingerprint density at radius 1 is 1.38 bits per heavy atom. The number of nitrogens with zero attached hydrogens (tertiary/aromatic N) is 1. The zero-order valence-electron chi connectivity index (χ0n) is 11.0. The lowest BCUT2D eigenvalue weighted by atomic mass is 9.98. The Morgan fingerprint density at radius 3 is 2.76 bits per heavy atom. The smallest absolute Gasteiger partial charge is 0.399 e. The summed E-state index contributed by atoms with van der Waals surface area (Å²) in [5.74, 6) is -1.24. The first-order valence-corrected chi connectivity index (χ1v) is 6.27. The van der Waals surface area contributed by atoms with Crippen molar-refractivity contribution in [3.05, 3.63) is 29.3 Å². The van der Waals surface area contributed by atoms with Gasteiger partial charge in [0.2, 0.25) is 5.91 Å². The molecule has 2 rings (SSSR count). The molecule has 114 valence electrons. The zero-order valence-corrected chi connectivity index (χ0v) is 11.0. The fourth-order valence-electron chi connectivity index (χ4n) is 2.12. The molecule has 0 atom stereocenters. The highest BCUT2D eigenvalue weighted by atomic mass is 19.4. The molecule has 0 bridgehead atoms. The maximum absolute atomic E-state index is 12.2. The molecule has 5 nitrogen and oxygen atoms in total. The number of hydrogen-bond acceptors (Lipinski definition) is 3. The van der Waals surface area contributed by atoms with E-state index in [0.29, 0.717) is 17.7 Å². The van der Waals surface area contributed by atoms with Gasteiger partial charge in [-0.25, -0.2) is 0 Å². The number of nitrogen functional groups attached to an aromatic ring is 1. The number of halogens is 3. The third kappa shape index (κ3) is 3.87. The average molecular weight is 301 g/mol. The first-order valence-electron chi connectivity index (χ1n) is 6.27. The lowest BCUT2D eigenvalue weighted by Crippen LogP contribution is -2.45. The van der Waals surface area contributed by atoms with Crippen LogP contribution in [0, 0.1) is 0 Å². The molecule has 21 heavy (non-hydrogen) atoms. The number of fused-ring (bicyclic) bond motifs is 1. The second-order valence-corrected chi connectivity index (χ2v) is 4.79. The zero-order chi connectivity index (χ0) is 15.6. The maximum Gasteiger partial charge on any atom is 0.405 e. The summed E-state index contributed by atoms with van der Waals surface area (Å²) in [5, 5.41) is 1.74. The van der Waals surface area contributed by atoms with Gasteiger partial charge in [0, 0.05) is 17.8 Å². The largest absolute Gasteiger partial charge is 0.405 e. The minimum Gasteiger partial charge on any atom is -0.399 e. The van der Waals surface area contributed by atoms with Crippen molar-refractivity contribution in [1.82, 2.24) is 10.2 Å². The number of alkyl halides is 3. The van der Waals surface area contributed by atoms with Crippen molar-refractivity contribution in [2.24, 2.45) is 0 Å². The highest BCUT2D eigenvalue weighted by Gasteiger charge is 2.29. The fourth-order valence-corrected chi connectivity index (χ4v) is 2.12. The molecule has 8 heteroatoms. The normalized spacial score (nSPS) is 14.8. The summed E-state index contributed by atoms with van der Waals surface area (Å²) in [7, 11) is 0. The molecule has 0 aliphatic carbocycles. The summed E-state index contributed by atoms with van der Waals surface area (Å²) in [5.41, 5.74) is 7.25. The van der Waals surface area contributed by atoms with Gasteiger partial charge in [-0.15, -0.1) is 0 Å². The molecule has 0 radical (unpaired) electrons. The van der Waals surface area contributed by atoms with Crippen LogP contribution in [0.2, 0.25) is 0 Å². The number of rotatable bonds is 3. The summed E-state index contributed by atoms with van der Waals surface area (Å²) in [4.78, 5) is 24.8. The molecule has 1 aromatic rings. The lowest BCUT2D eigenvalue weighted by molar-refractivity contribution is -0.138. The van der Waals surface area contributed by atoms with E-state index in [0.717, 1.165) is 5.56 Å². The lowest BCUT2D eigenvalue weighted by Gasteiger charge is -2.28. The molecule has 1 aliphatic rings. The number of hydrogen-bond donors (Lipinski definition) is 2. The molecule has 0 saturated heterocycles. The van der Waals surface area contributed by atoms with E-state index in [1.807, 2.05) is 0 Å². The number of carbonyl (C=O) groups excluding carboxylic acids is 2. The molecule has 3 N–H and O–H groups in total. The molecular weight excluding hydrogens is 287 g/mol. The van der Waals surface area contributed by atoms with Gasteiger partial charge >= 0.3 is 6.18 Å². The van der Waals surface area contributed by atoms with Gasteiger partial charge in [0.05, 0.1) is 6.54 Å². The molecule has 0 unspecified atom stereocenters. The number of benzene rings is 1. The third-order valence-corrected chi connectivity index (χ3v) is 3.12. The van der Waals surface area contributed by atoms with Crippen LogP contribution in [0.4, 0.5) is 18.9 Å². The van der Waals surface area contributed by atoms with Gasteiger partial charge in [0.25, 0.3) is 5.91 Å². The Morgan fingerprint density at radius 2 is 2.10 bits per heavy atom. The first-order chi connectivity index (χ1) is 9.76. The molecule has 1 aliphatic heterocycles. The quantitative estimate of drug-likeness (QED) is 0.816. The van der Waals surface area contributed by atoms with Gasteiger partial charge in [0.1, 0.15) is 6.54 Å². The van der Waals surface area contributed by atoms with Crippen LogP contribution >= 0.6 is 0 Å². The van der Waals surface area contributed by atoms with Gasteiger partial charge < -0.3 is 16.0 Å². The highest BCUT2D eigenvalue weighted by molar-refractivity contribution is 5.99. The topological polar surface area (TPSA) is 75.4 Å². The van der Waals surface area contributed by atoms with E-state index >= 15 is 0 Å². The molecular formula is C13H14F3N3O2. The Kier molecular flexibility index (Phi) is 4.06. The van der Waals surface area contributed by atoms with Gasteiger partial charge in [-0.2, -0.15) is 13.2 Å². The predicted molar refractivity (Wildman–Crippen MR) is 69.5 cm³/mol. The van der Waals surface area contributed by atoms with Crippen LogP contribution < -0.4 is 11.1 Å². The monoisotopic (exact) mass is 301 g/mol. The summed E-state index contributed by atoms with van der Waals surface area (Å²) >= 11 is 0. The molecule has 1 aromatic carbocycles. The van der Waals surface area contributed by atoms with Crippen molar-refractivity contribution in [3.8, 4) is 0 Å².